The standard InChI is InChI=1S/C12H26O3.Zr/c1-5-9-13-12(8-4,14-10-6-2)15-11-7-3;/h5-11H2,1-4H3;. The molecule has 0 N–H and O–H groups in total. The molecule has 0 aromatic heterocycles. The van der Waals surface area contributed by atoms with Gasteiger partial charge in [0.25, 0.3) is 5.97 Å². The van der Waals surface area contributed by atoms with Crippen molar-refractivity contribution in [3.8, 4) is 0 Å². The zero-order valence-electron chi connectivity index (χ0n) is 11.2. The number of rotatable bonds is 10. The SMILES string of the molecule is CCCOC(CC)(OCCC)OCCC.[Zr]. The van der Waals surface area contributed by atoms with E-state index in [1.807, 2.05) is 6.92 Å². The van der Waals surface area contributed by atoms with E-state index in [9.17, 15) is 0 Å². The Bertz CT molecular complexity index is 120. The third-order valence-electron chi connectivity index (χ3n) is 2.01. The van der Waals surface area contributed by atoms with Crippen LogP contribution >= 0.6 is 0 Å². The molecule has 0 saturated heterocycles. The van der Waals surface area contributed by atoms with Gasteiger partial charge in [-0.05, 0) is 19.3 Å². The van der Waals surface area contributed by atoms with Gasteiger partial charge in [-0.1, -0.05) is 27.7 Å². The van der Waals surface area contributed by atoms with Gasteiger partial charge in [-0.15, -0.1) is 0 Å². The van der Waals surface area contributed by atoms with Gasteiger partial charge >= 0.3 is 0 Å². The summed E-state index contributed by atoms with van der Waals surface area (Å²) in [6, 6.07) is 0. The van der Waals surface area contributed by atoms with Crippen molar-refractivity contribution >= 4 is 0 Å². The monoisotopic (exact) mass is 308 g/mol. The van der Waals surface area contributed by atoms with Gasteiger partial charge in [0.05, 0.1) is 19.8 Å². The van der Waals surface area contributed by atoms with Gasteiger partial charge in [0.1, 0.15) is 0 Å². The van der Waals surface area contributed by atoms with Gasteiger partial charge in [-0.3, -0.25) is 0 Å². The molecular weight excluding hydrogens is 283 g/mol. The third kappa shape index (κ3) is 7.94. The Labute approximate surface area is 119 Å². The van der Waals surface area contributed by atoms with Gasteiger partial charge < -0.3 is 14.2 Å². The molecule has 96 valence electrons. The zero-order chi connectivity index (χ0) is 11.6. The van der Waals surface area contributed by atoms with E-state index in [1.165, 1.54) is 0 Å². The van der Waals surface area contributed by atoms with Crippen LogP contribution in [-0.4, -0.2) is 25.8 Å². The van der Waals surface area contributed by atoms with Gasteiger partial charge in [0.15, 0.2) is 0 Å². The summed E-state index contributed by atoms with van der Waals surface area (Å²) in [5.41, 5.74) is 0. The van der Waals surface area contributed by atoms with Crippen LogP contribution in [0.2, 0.25) is 0 Å². The van der Waals surface area contributed by atoms with Crippen molar-refractivity contribution in [3.05, 3.63) is 0 Å². The first-order chi connectivity index (χ1) is 7.24. The summed E-state index contributed by atoms with van der Waals surface area (Å²) in [6.07, 6.45) is 3.67. The van der Waals surface area contributed by atoms with E-state index in [-0.39, 0.29) is 26.2 Å². The van der Waals surface area contributed by atoms with Crippen molar-refractivity contribution < 1.29 is 40.4 Å². The fourth-order valence-corrected chi connectivity index (χ4v) is 1.20. The summed E-state index contributed by atoms with van der Waals surface area (Å²) in [7, 11) is 0. The second-order valence-corrected chi connectivity index (χ2v) is 3.58. The molecular formula is C12H26O3Zr. The van der Waals surface area contributed by atoms with Gasteiger partial charge in [-0.2, -0.15) is 0 Å². The number of hydrogen-bond acceptors (Lipinski definition) is 3. The van der Waals surface area contributed by atoms with E-state index in [0.717, 1.165) is 25.7 Å². The Balaban J connectivity index is 0. The predicted octanol–water partition coefficient (Wildman–Crippen LogP) is 3.33. The van der Waals surface area contributed by atoms with Crippen LogP contribution in [0.4, 0.5) is 0 Å². The van der Waals surface area contributed by atoms with E-state index in [1.54, 1.807) is 0 Å². The molecule has 0 heterocycles. The van der Waals surface area contributed by atoms with Crippen LogP contribution in [-0.2, 0) is 40.4 Å². The van der Waals surface area contributed by atoms with Crippen molar-refractivity contribution in [1.82, 2.24) is 0 Å². The molecule has 0 radical (unpaired) electrons. The molecule has 0 aliphatic rings. The Morgan fingerprint density at radius 3 is 1.19 bits per heavy atom. The van der Waals surface area contributed by atoms with Gasteiger partial charge in [0.2, 0.25) is 0 Å². The Morgan fingerprint density at radius 1 is 0.688 bits per heavy atom. The molecule has 0 aliphatic heterocycles. The van der Waals surface area contributed by atoms with Crippen LogP contribution in [0.5, 0.6) is 0 Å². The van der Waals surface area contributed by atoms with Crippen molar-refractivity contribution in [3.63, 3.8) is 0 Å². The van der Waals surface area contributed by atoms with E-state index >= 15 is 0 Å². The molecule has 0 saturated carbocycles. The first-order valence-electron chi connectivity index (χ1n) is 6.16. The zero-order valence-corrected chi connectivity index (χ0v) is 13.6. The minimum absolute atomic E-state index is 0. The molecule has 16 heavy (non-hydrogen) atoms. The maximum absolute atomic E-state index is 5.69. The molecule has 0 unspecified atom stereocenters. The van der Waals surface area contributed by atoms with Crippen molar-refractivity contribution in [2.24, 2.45) is 0 Å². The predicted molar refractivity (Wildman–Crippen MR) is 61.8 cm³/mol. The summed E-state index contributed by atoms with van der Waals surface area (Å²) in [5.74, 6) is -0.804. The van der Waals surface area contributed by atoms with Gasteiger partial charge in [0, 0.05) is 32.6 Å². The molecule has 0 aromatic rings. The molecule has 0 aliphatic carbocycles. The normalized spacial score (nSPS) is 11.2. The quantitative estimate of drug-likeness (QED) is 0.579. The van der Waals surface area contributed by atoms with Crippen molar-refractivity contribution in [1.29, 1.82) is 0 Å². The summed E-state index contributed by atoms with van der Waals surface area (Å²) in [5, 5.41) is 0. The average molecular weight is 310 g/mol. The van der Waals surface area contributed by atoms with Crippen molar-refractivity contribution in [2.75, 3.05) is 19.8 Å². The molecule has 0 amide bonds. The van der Waals surface area contributed by atoms with E-state index in [0.29, 0.717) is 19.8 Å². The largest absolute Gasteiger partial charge is 0.327 e. The molecule has 0 atom stereocenters. The summed E-state index contributed by atoms with van der Waals surface area (Å²) in [6.45, 7) is 10.3. The Kier molecular flexibility index (Phi) is 14.6. The minimum Gasteiger partial charge on any atom is -0.327 e. The van der Waals surface area contributed by atoms with Crippen LogP contribution < -0.4 is 0 Å². The summed E-state index contributed by atoms with van der Waals surface area (Å²) >= 11 is 0. The molecule has 0 spiro atoms. The summed E-state index contributed by atoms with van der Waals surface area (Å²) < 4.78 is 17.1. The van der Waals surface area contributed by atoms with Crippen molar-refractivity contribution in [2.45, 2.75) is 59.4 Å². The average Bonchev–Trinajstić information content (AvgIpc) is 2.29. The number of hydrogen-bond donors (Lipinski definition) is 0. The van der Waals surface area contributed by atoms with Crippen LogP contribution in [0.3, 0.4) is 0 Å². The molecule has 0 aromatic carbocycles. The van der Waals surface area contributed by atoms with Crippen LogP contribution in [0.15, 0.2) is 0 Å². The van der Waals surface area contributed by atoms with Gasteiger partial charge in [-0.25, -0.2) is 0 Å². The Morgan fingerprint density at radius 2 is 1.00 bits per heavy atom. The van der Waals surface area contributed by atoms with Crippen LogP contribution in [0.25, 0.3) is 0 Å². The smallest absolute Gasteiger partial charge is 0.282 e. The Hall–Kier alpha value is 0.763. The molecule has 0 rings (SSSR count). The van der Waals surface area contributed by atoms with Crippen LogP contribution in [0.1, 0.15) is 53.4 Å². The molecule has 3 nitrogen and oxygen atoms in total. The maximum atomic E-state index is 5.69. The fraction of sp³-hybridized carbons (Fsp3) is 1.00. The number of ether oxygens (including phenoxy) is 3. The van der Waals surface area contributed by atoms with E-state index in [2.05, 4.69) is 20.8 Å². The minimum atomic E-state index is -0.804. The topological polar surface area (TPSA) is 27.7 Å². The second-order valence-electron chi connectivity index (χ2n) is 3.58. The maximum Gasteiger partial charge on any atom is 0.282 e. The third-order valence-corrected chi connectivity index (χ3v) is 2.01. The first-order valence-corrected chi connectivity index (χ1v) is 6.16. The van der Waals surface area contributed by atoms with E-state index < -0.39 is 5.97 Å². The van der Waals surface area contributed by atoms with Crippen LogP contribution in [0, 0.1) is 0 Å². The molecule has 0 fully saturated rings. The second kappa shape index (κ2) is 12.2. The summed E-state index contributed by atoms with van der Waals surface area (Å²) in [4.78, 5) is 0. The molecule has 4 heteroatoms. The fourth-order valence-electron chi connectivity index (χ4n) is 1.20. The first kappa shape index (κ1) is 19.1. The molecule has 0 bridgehead atoms. The van der Waals surface area contributed by atoms with E-state index in [4.69, 9.17) is 14.2 Å².